The highest BCUT2D eigenvalue weighted by Gasteiger charge is 2.22. The van der Waals surface area contributed by atoms with Crippen molar-refractivity contribution in [3.05, 3.63) is 60.7 Å². The Balaban J connectivity index is 1.67. The van der Waals surface area contributed by atoms with Crippen molar-refractivity contribution < 1.29 is 9.59 Å². The van der Waals surface area contributed by atoms with Crippen LogP contribution in [0.2, 0.25) is 0 Å². The Morgan fingerprint density at radius 1 is 0.600 bits per heavy atom. The lowest BCUT2D eigenvalue weighted by Crippen LogP contribution is -2.27. The zero-order valence-corrected chi connectivity index (χ0v) is 21.8. The van der Waals surface area contributed by atoms with Crippen LogP contribution >= 0.6 is 0 Å². The molecule has 0 fully saturated rings. The van der Waals surface area contributed by atoms with Crippen LogP contribution in [0.15, 0.2) is 60.7 Å². The van der Waals surface area contributed by atoms with Crippen LogP contribution in [0.5, 0.6) is 0 Å². The second-order valence-corrected chi connectivity index (χ2v) is 9.70. The van der Waals surface area contributed by atoms with Crippen molar-refractivity contribution in [2.45, 2.75) is 103 Å². The third-order valence-electron chi connectivity index (χ3n) is 6.56. The van der Waals surface area contributed by atoms with Crippen LogP contribution in [-0.2, 0) is 9.59 Å². The van der Waals surface area contributed by atoms with Crippen molar-refractivity contribution in [3.8, 4) is 0 Å². The fraction of sp³-hybridized carbons (Fsp3) is 0.548. The zero-order valence-electron chi connectivity index (χ0n) is 21.8. The van der Waals surface area contributed by atoms with Gasteiger partial charge in [-0.25, -0.2) is 0 Å². The number of amides is 2. The topological polar surface area (TPSA) is 58.2 Å². The molecular weight excluding hydrogens is 432 g/mol. The molecule has 4 heteroatoms. The van der Waals surface area contributed by atoms with E-state index in [1.54, 1.807) is 0 Å². The number of benzene rings is 2. The number of unbranched alkanes of at least 4 members (excludes halogenated alkanes) is 12. The van der Waals surface area contributed by atoms with Crippen LogP contribution < -0.4 is 10.6 Å². The third-order valence-corrected chi connectivity index (χ3v) is 6.56. The fourth-order valence-corrected chi connectivity index (χ4v) is 4.46. The van der Waals surface area contributed by atoms with E-state index in [9.17, 15) is 9.59 Å². The predicted octanol–water partition coefficient (Wildman–Crippen LogP) is 8.75. The van der Waals surface area contributed by atoms with Crippen molar-refractivity contribution in [2.75, 3.05) is 10.6 Å². The van der Waals surface area contributed by atoms with Crippen LogP contribution in [0.25, 0.3) is 0 Å². The lowest BCUT2D eigenvalue weighted by molar-refractivity contribution is -0.125. The molecule has 2 aromatic carbocycles. The van der Waals surface area contributed by atoms with Gasteiger partial charge in [-0.15, -0.1) is 0 Å². The summed E-state index contributed by atoms with van der Waals surface area (Å²) in [7, 11) is 0. The molecule has 0 aliphatic rings. The van der Waals surface area contributed by atoms with Gasteiger partial charge >= 0.3 is 0 Å². The molecular formula is C31H46N2O2. The summed E-state index contributed by atoms with van der Waals surface area (Å²) in [5.41, 5.74) is 1.54. The highest BCUT2D eigenvalue weighted by Crippen LogP contribution is 2.20. The molecule has 0 aromatic heterocycles. The van der Waals surface area contributed by atoms with E-state index in [1.165, 1.54) is 70.6 Å². The monoisotopic (exact) mass is 478 g/mol. The molecule has 0 saturated carbocycles. The molecule has 1 atom stereocenters. The van der Waals surface area contributed by atoms with E-state index in [0.717, 1.165) is 30.6 Å². The van der Waals surface area contributed by atoms with E-state index in [4.69, 9.17) is 0 Å². The second kappa shape index (κ2) is 18.7. The van der Waals surface area contributed by atoms with Crippen LogP contribution in [0.1, 0.15) is 103 Å². The molecule has 0 saturated heterocycles. The smallest absolute Gasteiger partial charge is 0.228 e. The summed E-state index contributed by atoms with van der Waals surface area (Å²) in [6, 6.07) is 18.9. The highest BCUT2D eigenvalue weighted by atomic mass is 16.2. The first-order chi connectivity index (χ1) is 17.2. The Morgan fingerprint density at radius 2 is 1.03 bits per heavy atom. The van der Waals surface area contributed by atoms with Crippen molar-refractivity contribution in [2.24, 2.45) is 5.92 Å². The summed E-state index contributed by atoms with van der Waals surface area (Å²) in [4.78, 5) is 25.6. The molecule has 192 valence electrons. The summed E-state index contributed by atoms with van der Waals surface area (Å²) < 4.78 is 0. The van der Waals surface area contributed by atoms with E-state index in [2.05, 4.69) is 17.6 Å². The van der Waals surface area contributed by atoms with E-state index < -0.39 is 0 Å². The summed E-state index contributed by atoms with van der Waals surface area (Å²) in [5, 5.41) is 5.91. The van der Waals surface area contributed by atoms with Gasteiger partial charge in [0.1, 0.15) is 0 Å². The normalized spacial score (nSPS) is 11.7. The van der Waals surface area contributed by atoms with Crippen LogP contribution in [-0.4, -0.2) is 11.8 Å². The van der Waals surface area contributed by atoms with Crippen molar-refractivity contribution in [1.82, 2.24) is 0 Å². The van der Waals surface area contributed by atoms with Gasteiger partial charge in [0.25, 0.3) is 0 Å². The predicted molar refractivity (Wildman–Crippen MR) is 149 cm³/mol. The maximum absolute atomic E-state index is 13.0. The number of para-hydroxylation sites is 2. The average molecular weight is 479 g/mol. The Bertz CT molecular complexity index is 807. The lowest BCUT2D eigenvalue weighted by Gasteiger charge is -2.17. The largest absolute Gasteiger partial charge is 0.326 e. The van der Waals surface area contributed by atoms with Gasteiger partial charge in [-0.1, -0.05) is 127 Å². The molecule has 4 nitrogen and oxygen atoms in total. The van der Waals surface area contributed by atoms with Gasteiger partial charge in [0.2, 0.25) is 11.8 Å². The van der Waals surface area contributed by atoms with Gasteiger partial charge in [-0.05, 0) is 30.7 Å². The number of anilines is 2. The Labute approximate surface area is 213 Å². The molecule has 2 aromatic rings. The molecule has 0 aliphatic carbocycles. The van der Waals surface area contributed by atoms with Gasteiger partial charge in [-0.2, -0.15) is 0 Å². The minimum Gasteiger partial charge on any atom is -0.326 e. The number of carbonyl (C=O) groups excluding carboxylic acids is 2. The summed E-state index contributed by atoms with van der Waals surface area (Å²) in [6.07, 6.45) is 17.8. The van der Waals surface area contributed by atoms with Crippen LogP contribution in [0.3, 0.4) is 0 Å². The maximum Gasteiger partial charge on any atom is 0.228 e. The fourth-order valence-electron chi connectivity index (χ4n) is 4.46. The molecule has 0 heterocycles. The van der Waals surface area contributed by atoms with Crippen LogP contribution in [0, 0.1) is 5.92 Å². The molecule has 35 heavy (non-hydrogen) atoms. The SMILES string of the molecule is CCCCCCCCCCCCCCCC(CC(=O)Nc1ccccc1)C(=O)Nc1ccccc1. The number of carbonyl (C=O) groups is 2. The van der Waals surface area contributed by atoms with Crippen LogP contribution in [0.4, 0.5) is 11.4 Å². The molecule has 2 N–H and O–H groups in total. The summed E-state index contributed by atoms with van der Waals surface area (Å²) in [5.74, 6) is -0.510. The molecule has 0 aliphatic heterocycles. The van der Waals surface area contributed by atoms with Crippen molar-refractivity contribution in [1.29, 1.82) is 0 Å². The van der Waals surface area contributed by atoms with Crippen molar-refractivity contribution >= 4 is 23.2 Å². The standard InChI is InChI=1S/C31H46N2O2/c1-2-3-4-5-6-7-8-9-10-11-12-13-16-21-27(31(35)33-29-24-19-15-20-25-29)26-30(34)32-28-22-17-14-18-23-28/h14-15,17-20,22-25,27H,2-13,16,21,26H2,1H3,(H,32,34)(H,33,35). The minimum atomic E-state index is -0.327. The first kappa shape index (κ1) is 28.6. The second-order valence-electron chi connectivity index (χ2n) is 9.70. The van der Waals surface area contributed by atoms with Gasteiger partial charge < -0.3 is 10.6 Å². The Kier molecular flexibility index (Phi) is 15.3. The van der Waals surface area contributed by atoms with Gasteiger partial charge in [0, 0.05) is 23.7 Å². The number of rotatable bonds is 19. The number of nitrogens with one attached hydrogen (secondary N) is 2. The van der Waals surface area contributed by atoms with E-state index in [1.807, 2.05) is 60.7 Å². The van der Waals surface area contributed by atoms with E-state index in [0.29, 0.717) is 0 Å². The average Bonchev–Trinajstić information content (AvgIpc) is 2.87. The third kappa shape index (κ3) is 13.8. The first-order valence-electron chi connectivity index (χ1n) is 13.9. The Hall–Kier alpha value is -2.62. The molecule has 2 rings (SSSR count). The minimum absolute atomic E-state index is 0.0710. The molecule has 2 amide bonds. The maximum atomic E-state index is 13.0. The van der Waals surface area contributed by atoms with E-state index >= 15 is 0 Å². The molecule has 1 unspecified atom stereocenters. The van der Waals surface area contributed by atoms with Gasteiger partial charge in [-0.3, -0.25) is 9.59 Å². The zero-order chi connectivity index (χ0) is 25.0. The number of hydrogen-bond donors (Lipinski definition) is 2. The number of hydrogen-bond acceptors (Lipinski definition) is 2. The van der Waals surface area contributed by atoms with Gasteiger partial charge in [0.05, 0.1) is 0 Å². The highest BCUT2D eigenvalue weighted by molar-refractivity contribution is 5.98. The Morgan fingerprint density at radius 3 is 1.51 bits per heavy atom. The first-order valence-corrected chi connectivity index (χ1v) is 13.9. The quantitative estimate of drug-likeness (QED) is 0.198. The lowest BCUT2D eigenvalue weighted by atomic mass is 9.95. The van der Waals surface area contributed by atoms with Crippen molar-refractivity contribution in [3.63, 3.8) is 0 Å². The van der Waals surface area contributed by atoms with Gasteiger partial charge in [0.15, 0.2) is 0 Å². The molecule has 0 bridgehead atoms. The molecule has 0 radical (unpaired) electrons. The summed E-state index contributed by atoms with van der Waals surface area (Å²) in [6.45, 7) is 2.27. The summed E-state index contributed by atoms with van der Waals surface area (Å²) >= 11 is 0. The van der Waals surface area contributed by atoms with E-state index in [-0.39, 0.29) is 24.2 Å². The molecule has 0 spiro atoms.